The lowest BCUT2D eigenvalue weighted by molar-refractivity contribution is 0.737. The molecule has 2 aromatic rings. The van der Waals surface area contributed by atoms with E-state index in [2.05, 4.69) is 25.0 Å². The molecule has 1 aromatic heterocycles. The first kappa shape index (κ1) is 14.1. The van der Waals surface area contributed by atoms with E-state index in [0.717, 1.165) is 29.1 Å². The third-order valence-electron chi connectivity index (χ3n) is 3.45. The second-order valence-electron chi connectivity index (χ2n) is 5.17. The molecule has 3 nitrogen and oxygen atoms in total. The highest BCUT2D eigenvalue weighted by atomic mass is 35.5. The van der Waals surface area contributed by atoms with Crippen molar-refractivity contribution in [1.82, 2.24) is 9.78 Å². The first-order valence-electron chi connectivity index (χ1n) is 6.47. The summed E-state index contributed by atoms with van der Waals surface area (Å²) in [6.07, 6.45) is 0.830. The first-order chi connectivity index (χ1) is 8.90. The zero-order valence-corrected chi connectivity index (χ0v) is 12.6. The average molecular weight is 278 g/mol. The van der Waals surface area contributed by atoms with Crippen LogP contribution in [0.25, 0.3) is 5.69 Å². The van der Waals surface area contributed by atoms with Crippen LogP contribution in [0.3, 0.4) is 0 Å². The quantitative estimate of drug-likeness (QED) is 0.935. The van der Waals surface area contributed by atoms with Crippen molar-refractivity contribution < 1.29 is 0 Å². The van der Waals surface area contributed by atoms with E-state index in [1.165, 1.54) is 5.56 Å². The summed E-state index contributed by atoms with van der Waals surface area (Å²) in [5.74, 6) is 0. The molecule has 0 radical (unpaired) electrons. The highest BCUT2D eigenvalue weighted by Gasteiger charge is 2.12. The van der Waals surface area contributed by atoms with E-state index in [0.29, 0.717) is 5.02 Å². The van der Waals surface area contributed by atoms with Gasteiger partial charge in [-0.15, -0.1) is 0 Å². The summed E-state index contributed by atoms with van der Waals surface area (Å²) in [6, 6.07) is 6.19. The number of hydrogen-bond donors (Lipinski definition) is 1. The minimum absolute atomic E-state index is 0.137. The molecule has 0 bridgehead atoms. The van der Waals surface area contributed by atoms with Crippen LogP contribution in [0.4, 0.5) is 0 Å². The molecule has 4 heteroatoms. The van der Waals surface area contributed by atoms with Crippen molar-refractivity contribution in [2.24, 2.45) is 5.73 Å². The van der Waals surface area contributed by atoms with Crippen LogP contribution < -0.4 is 5.73 Å². The minimum atomic E-state index is 0.137. The highest BCUT2D eigenvalue weighted by molar-refractivity contribution is 6.32. The van der Waals surface area contributed by atoms with Gasteiger partial charge in [0.05, 0.1) is 16.4 Å². The Kier molecular flexibility index (Phi) is 3.97. The highest BCUT2D eigenvalue weighted by Crippen LogP contribution is 2.25. The van der Waals surface area contributed by atoms with E-state index in [-0.39, 0.29) is 6.04 Å². The molecule has 1 heterocycles. The predicted octanol–water partition coefficient (Wildman–Crippen LogP) is 3.34. The third-order valence-corrected chi connectivity index (χ3v) is 3.75. The summed E-state index contributed by atoms with van der Waals surface area (Å²) >= 11 is 6.38. The lowest BCUT2D eigenvalue weighted by Gasteiger charge is -2.10. The van der Waals surface area contributed by atoms with E-state index in [4.69, 9.17) is 17.3 Å². The topological polar surface area (TPSA) is 43.8 Å². The molecule has 19 heavy (non-hydrogen) atoms. The van der Waals surface area contributed by atoms with Crippen LogP contribution >= 0.6 is 11.6 Å². The summed E-state index contributed by atoms with van der Waals surface area (Å²) < 4.78 is 1.91. The molecule has 0 amide bonds. The van der Waals surface area contributed by atoms with Crippen molar-refractivity contribution in [1.29, 1.82) is 0 Å². The molecule has 0 aliphatic carbocycles. The maximum Gasteiger partial charge on any atom is 0.0835 e. The van der Waals surface area contributed by atoms with E-state index in [9.17, 15) is 0 Å². The van der Waals surface area contributed by atoms with Crippen LogP contribution in [0.15, 0.2) is 18.2 Å². The van der Waals surface area contributed by atoms with Gasteiger partial charge in [0.1, 0.15) is 0 Å². The fourth-order valence-corrected chi connectivity index (χ4v) is 2.46. The van der Waals surface area contributed by atoms with Gasteiger partial charge in [-0.25, -0.2) is 4.68 Å². The molecule has 102 valence electrons. The normalized spacial score (nSPS) is 12.7. The Bertz CT molecular complexity index is 600. The Balaban J connectivity index is 2.43. The van der Waals surface area contributed by atoms with Crippen LogP contribution in [0, 0.1) is 20.8 Å². The molecule has 0 saturated carbocycles. The van der Waals surface area contributed by atoms with E-state index < -0.39 is 0 Å². The second-order valence-corrected chi connectivity index (χ2v) is 5.58. The molecule has 1 atom stereocenters. The summed E-state index contributed by atoms with van der Waals surface area (Å²) in [5, 5.41) is 5.25. The van der Waals surface area contributed by atoms with Crippen LogP contribution in [-0.4, -0.2) is 15.8 Å². The van der Waals surface area contributed by atoms with Crippen LogP contribution in [0.2, 0.25) is 5.02 Å². The zero-order chi connectivity index (χ0) is 14.2. The monoisotopic (exact) mass is 277 g/mol. The smallest absolute Gasteiger partial charge is 0.0835 e. The van der Waals surface area contributed by atoms with E-state index in [1.807, 2.05) is 30.7 Å². The van der Waals surface area contributed by atoms with Crippen molar-refractivity contribution >= 4 is 11.6 Å². The fraction of sp³-hybridized carbons (Fsp3) is 0.400. The van der Waals surface area contributed by atoms with E-state index in [1.54, 1.807) is 0 Å². The molecule has 0 saturated heterocycles. The lowest BCUT2D eigenvalue weighted by atomic mass is 10.1. The van der Waals surface area contributed by atoms with Gasteiger partial charge >= 0.3 is 0 Å². The van der Waals surface area contributed by atoms with Crippen LogP contribution in [-0.2, 0) is 6.42 Å². The molecule has 2 rings (SSSR count). The molecule has 2 N–H and O–H groups in total. The third kappa shape index (κ3) is 2.82. The zero-order valence-electron chi connectivity index (χ0n) is 11.9. The Labute approximate surface area is 119 Å². The first-order valence-corrected chi connectivity index (χ1v) is 6.85. The number of benzene rings is 1. The molecule has 1 unspecified atom stereocenters. The molecular formula is C15H20ClN3. The molecular weight excluding hydrogens is 258 g/mol. The minimum Gasteiger partial charge on any atom is -0.328 e. The van der Waals surface area contributed by atoms with Gasteiger partial charge in [0.15, 0.2) is 0 Å². The van der Waals surface area contributed by atoms with Gasteiger partial charge in [-0.2, -0.15) is 5.10 Å². The number of nitrogens with zero attached hydrogens (tertiary/aromatic N) is 2. The molecule has 0 fully saturated rings. The number of halogens is 1. The van der Waals surface area contributed by atoms with Crippen molar-refractivity contribution in [3.05, 3.63) is 45.7 Å². The Morgan fingerprint density at radius 2 is 2.00 bits per heavy atom. The van der Waals surface area contributed by atoms with Crippen molar-refractivity contribution in [3.63, 3.8) is 0 Å². The van der Waals surface area contributed by atoms with Gasteiger partial charge in [-0.3, -0.25) is 0 Å². The largest absolute Gasteiger partial charge is 0.328 e. The molecule has 1 aromatic carbocycles. The molecule has 0 aliphatic rings. The maximum atomic E-state index is 6.38. The van der Waals surface area contributed by atoms with Gasteiger partial charge in [0, 0.05) is 11.7 Å². The van der Waals surface area contributed by atoms with Gasteiger partial charge in [0.25, 0.3) is 0 Å². The number of aromatic nitrogens is 2. The van der Waals surface area contributed by atoms with Gasteiger partial charge in [0.2, 0.25) is 0 Å². The SMILES string of the molecule is Cc1nn(-c2ccc(CC(C)N)cc2Cl)c(C)c1C. The Morgan fingerprint density at radius 1 is 1.32 bits per heavy atom. The van der Waals surface area contributed by atoms with Crippen molar-refractivity contribution in [2.45, 2.75) is 40.2 Å². The molecule has 0 aliphatic heterocycles. The van der Waals surface area contributed by atoms with Gasteiger partial charge in [-0.05, 0) is 57.4 Å². The Morgan fingerprint density at radius 3 is 2.47 bits per heavy atom. The van der Waals surface area contributed by atoms with Gasteiger partial charge in [-0.1, -0.05) is 17.7 Å². The van der Waals surface area contributed by atoms with Crippen molar-refractivity contribution in [2.75, 3.05) is 0 Å². The second kappa shape index (κ2) is 5.35. The summed E-state index contributed by atoms with van der Waals surface area (Å²) in [6.45, 7) is 8.14. The molecule has 0 spiro atoms. The maximum absolute atomic E-state index is 6.38. The predicted molar refractivity (Wildman–Crippen MR) is 80.1 cm³/mol. The van der Waals surface area contributed by atoms with Gasteiger partial charge < -0.3 is 5.73 Å². The van der Waals surface area contributed by atoms with Crippen LogP contribution in [0.1, 0.15) is 29.4 Å². The van der Waals surface area contributed by atoms with Crippen LogP contribution in [0.5, 0.6) is 0 Å². The fourth-order valence-electron chi connectivity index (χ4n) is 2.18. The average Bonchev–Trinajstić information content (AvgIpc) is 2.56. The lowest BCUT2D eigenvalue weighted by Crippen LogP contribution is -2.17. The Hall–Kier alpha value is -1.32. The number of hydrogen-bond acceptors (Lipinski definition) is 2. The summed E-state index contributed by atoms with van der Waals surface area (Å²) in [5.41, 5.74) is 11.2. The van der Waals surface area contributed by atoms with Crippen molar-refractivity contribution in [3.8, 4) is 5.69 Å². The number of nitrogens with two attached hydrogens (primary N) is 1. The summed E-state index contributed by atoms with van der Waals surface area (Å²) in [4.78, 5) is 0. The summed E-state index contributed by atoms with van der Waals surface area (Å²) in [7, 11) is 0. The number of rotatable bonds is 3. The standard InChI is InChI=1S/C15H20ClN3/c1-9(17)7-13-5-6-15(14(16)8-13)19-12(4)10(2)11(3)18-19/h5-6,8-9H,7,17H2,1-4H3. The number of aryl methyl sites for hydroxylation is 1. The van der Waals surface area contributed by atoms with E-state index >= 15 is 0 Å².